The van der Waals surface area contributed by atoms with Gasteiger partial charge in [0.25, 0.3) is 0 Å². The lowest BCUT2D eigenvalue weighted by molar-refractivity contribution is 0.197. The molecular formula is C15H21N5O. The second kappa shape index (κ2) is 7.54. The summed E-state index contributed by atoms with van der Waals surface area (Å²) in [5.74, 6) is 1.18. The van der Waals surface area contributed by atoms with Crippen molar-refractivity contribution in [2.75, 3.05) is 30.9 Å². The lowest BCUT2D eigenvalue weighted by Gasteiger charge is -2.08. The predicted octanol–water partition coefficient (Wildman–Crippen LogP) is 2.68. The lowest BCUT2D eigenvalue weighted by Crippen LogP contribution is -2.08. The summed E-state index contributed by atoms with van der Waals surface area (Å²) in [4.78, 5) is 4.39. The van der Waals surface area contributed by atoms with E-state index in [1.165, 1.54) is 11.1 Å². The molecule has 2 N–H and O–H groups in total. The zero-order valence-electron chi connectivity index (χ0n) is 12.7. The summed E-state index contributed by atoms with van der Waals surface area (Å²) in [6, 6.07) is 6.22. The Hall–Kier alpha value is -2.21. The van der Waals surface area contributed by atoms with Gasteiger partial charge in [-0.1, -0.05) is 6.07 Å². The van der Waals surface area contributed by atoms with Crippen molar-refractivity contribution in [3.63, 3.8) is 0 Å². The number of rotatable bonds is 7. The molecule has 0 spiro atoms. The van der Waals surface area contributed by atoms with Crippen LogP contribution in [-0.4, -0.2) is 35.4 Å². The smallest absolute Gasteiger partial charge is 0.249 e. The molecule has 0 saturated carbocycles. The van der Waals surface area contributed by atoms with Gasteiger partial charge in [-0.05, 0) is 43.5 Å². The fraction of sp³-hybridized carbons (Fsp3) is 0.400. The number of methoxy groups -OCH3 is 1. The van der Waals surface area contributed by atoms with Gasteiger partial charge < -0.3 is 15.4 Å². The molecule has 6 heteroatoms. The van der Waals surface area contributed by atoms with Crippen LogP contribution < -0.4 is 10.6 Å². The number of hydrogen-bond donors (Lipinski definition) is 2. The van der Waals surface area contributed by atoms with Gasteiger partial charge in [-0.15, -0.1) is 5.10 Å². The van der Waals surface area contributed by atoms with E-state index in [9.17, 15) is 0 Å². The number of benzene rings is 1. The molecule has 0 atom stereocenters. The SMILES string of the molecule is COCCCNc1cnnc(Nc2cc(C)cc(C)c2)n1. The first kappa shape index (κ1) is 15.2. The summed E-state index contributed by atoms with van der Waals surface area (Å²) in [6.45, 7) is 5.63. The minimum Gasteiger partial charge on any atom is -0.385 e. The number of aromatic nitrogens is 3. The Morgan fingerprint density at radius 2 is 1.90 bits per heavy atom. The van der Waals surface area contributed by atoms with Crippen LogP contribution in [0.4, 0.5) is 17.5 Å². The highest BCUT2D eigenvalue weighted by atomic mass is 16.5. The second-order valence-electron chi connectivity index (χ2n) is 4.94. The molecule has 0 saturated heterocycles. The van der Waals surface area contributed by atoms with E-state index in [1.54, 1.807) is 13.3 Å². The number of aryl methyl sites for hydroxylation is 2. The van der Waals surface area contributed by atoms with Crippen LogP contribution in [0.15, 0.2) is 24.4 Å². The maximum absolute atomic E-state index is 5.00. The molecule has 0 amide bonds. The van der Waals surface area contributed by atoms with Gasteiger partial charge in [0.1, 0.15) is 0 Å². The van der Waals surface area contributed by atoms with Crippen LogP contribution in [0.1, 0.15) is 17.5 Å². The summed E-state index contributed by atoms with van der Waals surface area (Å²) in [6.07, 6.45) is 2.53. The molecule has 0 fully saturated rings. The van der Waals surface area contributed by atoms with Crippen molar-refractivity contribution in [1.82, 2.24) is 15.2 Å². The molecule has 1 heterocycles. The molecule has 0 aliphatic carbocycles. The van der Waals surface area contributed by atoms with E-state index < -0.39 is 0 Å². The van der Waals surface area contributed by atoms with Crippen LogP contribution in [0.5, 0.6) is 0 Å². The second-order valence-corrected chi connectivity index (χ2v) is 4.94. The minimum atomic E-state index is 0.483. The third-order valence-electron chi connectivity index (χ3n) is 2.87. The highest BCUT2D eigenvalue weighted by Gasteiger charge is 2.02. The van der Waals surface area contributed by atoms with Crippen molar-refractivity contribution in [2.45, 2.75) is 20.3 Å². The van der Waals surface area contributed by atoms with Crippen LogP contribution >= 0.6 is 0 Å². The molecule has 0 radical (unpaired) electrons. The molecule has 0 bridgehead atoms. The number of nitrogens with one attached hydrogen (secondary N) is 2. The summed E-state index contributed by atoms with van der Waals surface area (Å²) >= 11 is 0. The summed E-state index contributed by atoms with van der Waals surface area (Å²) < 4.78 is 5.00. The summed E-state index contributed by atoms with van der Waals surface area (Å²) in [5.41, 5.74) is 3.35. The molecule has 0 aliphatic heterocycles. The molecule has 112 valence electrons. The highest BCUT2D eigenvalue weighted by Crippen LogP contribution is 2.17. The normalized spacial score (nSPS) is 10.4. The molecule has 2 rings (SSSR count). The van der Waals surface area contributed by atoms with E-state index in [4.69, 9.17) is 4.74 Å². The predicted molar refractivity (Wildman–Crippen MR) is 84.0 cm³/mol. The Morgan fingerprint density at radius 1 is 1.14 bits per heavy atom. The van der Waals surface area contributed by atoms with Crippen molar-refractivity contribution in [1.29, 1.82) is 0 Å². The van der Waals surface area contributed by atoms with Gasteiger partial charge >= 0.3 is 0 Å². The topological polar surface area (TPSA) is 72.0 Å². The van der Waals surface area contributed by atoms with Crippen molar-refractivity contribution in [3.8, 4) is 0 Å². The third-order valence-corrected chi connectivity index (χ3v) is 2.87. The Morgan fingerprint density at radius 3 is 2.62 bits per heavy atom. The third kappa shape index (κ3) is 5.00. The summed E-state index contributed by atoms with van der Waals surface area (Å²) in [5, 5.41) is 14.3. The number of ether oxygens (including phenoxy) is 1. The quantitative estimate of drug-likeness (QED) is 0.763. The van der Waals surface area contributed by atoms with Gasteiger partial charge in [-0.25, -0.2) is 0 Å². The van der Waals surface area contributed by atoms with Crippen molar-refractivity contribution >= 4 is 17.5 Å². The Kier molecular flexibility index (Phi) is 5.45. The first-order valence-electron chi connectivity index (χ1n) is 6.95. The lowest BCUT2D eigenvalue weighted by atomic mass is 10.1. The molecule has 0 aliphatic rings. The molecule has 1 aromatic carbocycles. The number of nitrogens with zero attached hydrogens (tertiary/aromatic N) is 3. The van der Waals surface area contributed by atoms with Crippen molar-refractivity contribution in [3.05, 3.63) is 35.5 Å². The van der Waals surface area contributed by atoms with Gasteiger partial charge in [-0.3, -0.25) is 0 Å². The maximum Gasteiger partial charge on any atom is 0.249 e. The standard InChI is InChI=1S/C15H21N5O/c1-11-7-12(2)9-13(8-11)18-15-19-14(10-17-20-15)16-5-4-6-21-3/h7-10H,4-6H2,1-3H3,(H2,16,18,19,20). The zero-order valence-corrected chi connectivity index (χ0v) is 12.7. The van der Waals surface area contributed by atoms with Gasteiger partial charge in [0, 0.05) is 25.9 Å². The van der Waals surface area contributed by atoms with Crippen LogP contribution in [0, 0.1) is 13.8 Å². The van der Waals surface area contributed by atoms with Crippen molar-refractivity contribution in [2.24, 2.45) is 0 Å². The molecule has 21 heavy (non-hydrogen) atoms. The van der Waals surface area contributed by atoms with Gasteiger partial charge in [-0.2, -0.15) is 10.1 Å². The van der Waals surface area contributed by atoms with Crippen LogP contribution in [0.3, 0.4) is 0 Å². The molecular weight excluding hydrogens is 266 g/mol. The van der Waals surface area contributed by atoms with Crippen LogP contribution in [-0.2, 0) is 4.74 Å². The van der Waals surface area contributed by atoms with Gasteiger partial charge in [0.15, 0.2) is 5.82 Å². The first-order chi connectivity index (χ1) is 10.2. The van der Waals surface area contributed by atoms with E-state index in [2.05, 4.69) is 57.9 Å². The average Bonchev–Trinajstić information content (AvgIpc) is 2.43. The number of hydrogen-bond acceptors (Lipinski definition) is 6. The monoisotopic (exact) mass is 287 g/mol. The minimum absolute atomic E-state index is 0.483. The molecule has 6 nitrogen and oxygen atoms in total. The first-order valence-corrected chi connectivity index (χ1v) is 6.95. The molecule has 2 aromatic rings. The van der Waals surface area contributed by atoms with E-state index in [-0.39, 0.29) is 0 Å². The van der Waals surface area contributed by atoms with E-state index in [1.807, 2.05) is 0 Å². The largest absolute Gasteiger partial charge is 0.385 e. The zero-order chi connectivity index (χ0) is 15.1. The van der Waals surface area contributed by atoms with E-state index >= 15 is 0 Å². The van der Waals surface area contributed by atoms with Crippen LogP contribution in [0.2, 0.25) is 0 Å². The van der Waals surface area contributed by atoms with E-state index in [0.29, 0.717) is 11.8 Å². The van der Waals surface area contributed by atoms with E-state index in [0.717, 1.165) is 25.3 Å². The number of anilines is 3. The van der Waals surface area contributed by atoms with Gasteiger partial charge in [0.2, 0.25) is 5.95 Å². The highest BCUT2D eigenvalue weighted by molar-refractivity contribution is 5.56. The molecule has 1 aromatic heterocycles. The average molecular weight is 287 g/mol. The fourth-order valence-electron chi connectivity index (χ4n) is 2.05. The van der Waals surface area contributed by atoms with Gasteiger partial charge in [0.05, 0.1) is 6.20 Å². The summed E-state index contributed by atoms with van der Waals surface area (Å²) in [7, 11) is 1.69. The fourth-order valence-corrected chi connectivity index (χ4v) is 2.05. The Bertz CT molecular complexity index is 568. The molecule has 0 unspecified atom stereocenters. The maximum atomic E-state index is 5.00. The van der Waals surface area contributed by atoms with Crippen molar-refractivity contribution < 1.29 is 4.74 Å². The van der Waals surface area contributed by atoms with Crippen LogP contribution in [0.25, 0.3) is 0 Å². The Labute approximate surface area is 125 Å². The Balaban J connectivity index is 2.00.